The molecule has 0 N–H and O–H groups in total. The van der Waals surface area contributed by atoms with E-state index in [1.807, 2.05) is 31.2 Å². The lowest BCUT2D eigenvalue weighted by Gasteiger charge is -2.62. The number of allylic oxidation sites excluding steroid dienone is 1. The van der Waals surface area contributed by atoms with Gasteiger partial charge in [0.2, 0.25) is 0 Å². The highest BCUT2D eigenvalue weighted by Crippen LogP contribution is 2.65. The molecule has 1 saturated carbocycles. The Labute approximate surface area is 152 Å². The van der Waals surface area contributed by atoms with Crippen molar-refractivity contribution in [3.8, 4) is 0 Å². The predicted octanol–water partition coefficient (Wildman–Crippen LogP) is 2.42. The topological polar surface area (TPSA) is 59.0 Å². The fraction of sp³-hybridized carbons (Fsp3) is 0.476. The molecular formula is C21H22N2O3. The second kappa shape index (κ2) is 5.13. The van der Waals surface area contributed by atoms with Crippen molar-refractivity contribution < 1.29 is 14.3 Å². The Balaban J connectivity index is 1.88. The van der Waals surface area contributed by atoms with E-state index < -0.39 is 16.8 Å². The lowest BCUT2D eigenvalue weighted by molar-refractivity contribution is -0.166. The SMILES string of the molecule is CC=C1CN2CC[C@]34C(=Nc5ccccc53)[C@@H]2C[C@@H]1[C@]4(C=O)C(=O)OC. The fourth-order valence-corrected chi connectivity index (χ4v) is 6.15. The van der Waals surface area contributed by atoms with Gasteiger partial charge < -0.3 is 9.53 Å². The first kappa shape index (κ1) is 15.9. The van der Waals surface area contributed by atoms with Crippen LogP contribution in [0.5, 0.6) is 0 Å². The smallest absolute Gasteiger partial charge is 0.321 e. The summed E-state index contributed by atoms with van der Waals surface area (Å²) in [4.78, 5) is 33.5. The third-order valence-electron chi connectivity index (χ3n) is 7.20. The minimum absolute atomic E-state index is 0.135. The second-order valence-corrected chi connectivity index (χ2v) is 7.79. The molecule has 0 unspecified atom stereocenters. The summed E-state index contributed by atoms with van der Waals surface area (Å²) in [7, 11) is 1.39. The van der Waals surface area contributed by atoms with Crippen LogP contribution in [0.2, 0.25) is 0 Å². The third-order valence-corrected chi connectivity index (χ3v) is 7.20. The van der Waals surface area contributed by atoms with Crippen LogP contribution in [-0.4, -0.2) is 49.1 Å². The Morgan fingerprint density at radius 1 is 1.38 bits per heavy atom. The summed E-state index contributed by atoms with van der Waals surface area (Å²) >= 11 is 0. The van der Waals surface area contributed by atoms with Gasteiger partial charge in [-0.3, -0.25) is 14.7 Å². The van der Waals surface area contributed by atoms with Gasteiger partial charge in [-0.2, -0.15) is 0 Å². The van der Waals surface area contributed by atoms with Crippen molar-refractivity contribution in [2.45, 2.75) is 31.2 Å². The Hall–Kier alpha value is -2.27. The largest absolute Gasteiger partial charge is 0.468 e. The van der Waals surface area contributed by atoms with Crippen molar-refractivity contribution in [1.29, 1.82) is 0 Å². The van der Waals surface area contributed by atoms with Gasteiger partial charge in [-0.05, 0) is 31.4 Å². The van der Waals surface area contributed by atoms with Crippen LogP contribution >= 0.6 is 0 Å². The summed E-state index contributed by atoms with van der Waals surface area (Å²) in [6.07, 6.45) is 4.45. The third kappa shape index (κ3) is 1.51. The summed E-state index contributed by atoms with van der Waals surface area (Å²) in [6, 6.07) is 8.17. The molecule has 3 fully saturated rings. The first-order chi connectivity index (χ1) is 12.6. The van der Waals surface area contributed by atoms with Crippen molar-refractivity contribution in [2.24, 2.45) is 16.3 Å². The van der Waals surface area contributed by atoms with Crippen molar-refractivity contribution in [3.05, 3.63) is 41.5 Å². The molecular weight excluding hydrogens is 328 g/mol. The first-order valence-corrected chi connectivity index (χ1v) is 9.26. The zero-order valence-corrected chi connectivity index (χ0v) is 15.1. The number of ether oxygens (including phenoxy) is 1. The molecule has 3 aliphatic heterocycles. The van der Waals surface area contributed by atoms with Gasteiger partial charge in [-0.25, -0.2) is 0 Å². The van der Waals surface area contributed by atoms with Crippen molar-refractivity contribution in [3.63, 3.8) is 0 Å². The first-order valence-electron chi connectivity index (χ1n) is 9.26. The maximum absolute atomic E-state index is 13.3. The van der Waals surface area contributed by atoms with Gasteiger partial charge in [0.05, 0.1) is 24.3 Å². The number of carbonyl (C=O) groups is 2. The molecule has 0 spiro atoms. The number of esters is 1. The van der Waals surface area contributed by atoms with Crippen molar-refractivity contribution in [2.75, 3.05) is 20.2 Å². The molecule has 5 heteroatoms. The van der Waals surface area contributed by atoms with Gasteiger partial charge in [-0.1, -0.05) is 29.8 Å². The van der Waals surface area contributed by atoms with Crippen LogP contribution < -0.4 is 0 Å². The van der Waals surface area contributed by atoms with E-state index in [9.17, 15) is 9.59 Å². The van der Waals surface area contributed by atoms with Gasteiger partial charge in [0.15, 0.2) is 0 Å². The van der Waals surface area contributed by atoms with Gasteiger partial charge >= 0.3 is 5.97 Å². The van der Waals surface area contributed by atoms with Crippen LogP contribution in [0, 0.1) is 11.3 Å². The number of fused-ring (bicyclic) bond motifs is 2. The molecule has 3 bridgehead atoms. The van der Waals surface area contributed by atoms with Crippen LogP contribution in [-0.2, 0) is 19.7 Å². The standard InChI is InChI=1S/C21H22N2O3/c1-3-13-11-23-9-8-20-14-6-4-5-7-16(14)22-18(20)17(23)10-15(13)21(20,12-24)19(25)26-2/h3-7,12,15,17H,8-11H2,1-2H3/t15-,17-,20+,21+/m0/s1. The van der Waals surface area contributed by atoms with Crippen molar-refractivity contribution >= 4 is 23.7 Å². The van der Waals surface area contributed by atoms with E-state index in [-0.39, 0.29) is 12.0 Å². The number of methoxy groups -OCH3 is 1. The number of rotatable bonds is 2. The van der Waals surface area contributed by atoms with Crippen LogP contribution in [0.4, 0.5) is 5.69 Å². The number of hydrogen-bond donors (Lipinski definition) is 0. The molecule has 0 radical (unpaired) electrons. The molecule has 134 valence electrons. The Morgan fingerprint density at radius 2 is 2.19 bits per heavy atom. The summed E-state index contributed by atoms with van der Waals surface area (Å²) in [5.74, 6) is -0.556. The summed E-state index contributed by atoms with van der Waals surface area (Å²) < 4.78 is 5.27. The lowest BCUT2D eigenvalue weighted by atomic mass is 9.43. The zero-order chi connectivity index (χ0) is 18.1. The average molecular weight is 350 g/mol. The Morgan fingerprint density at radius 3 is 2.92 bits per heavy atom. The molecule has 5 nitrogen and oxygen atoms in total. The van der Waals surface area contributed by atoms with Crippen molar-refractivity contribution in [1.82, 2.24) is 4.90 Å². The van der Waals surface area contributed by atoms with E-state index in [4.69, 9.17) is 9.73 Å². The average Bonchev–Trinajstić information content (AvgIpc) is 3.04. The number of para-hydroxylation sites is 1. The van der Waals surface area contributed by atoms with Gasteiger partial charge in [0.25, 0.3) is 0 Å². The lowest BCUT2D eigenvalue weighted by Crippen LogP contribution is -2.74. The quantitative estimate of drug-likeness (QED) is 0.356. The minimum Gasteiger partial charge on any atom is -0.468 e. The fourth-order valence-electron chi connectivity index (χ4n) is 6.15. The van der Waals surface area contributed by atoms with Crippen LogP contribution in [0.3, 0.4) is 0 Å². The van der Waals surface area contributed by atoms with Crippen LogP contribution in [0.25, 0.3) is 0 Å². The molecule has 3 heterocycles. The van der Waals surface area contributed by atoms with Crippen LogP contribution in [0.15, 0.2) is 40.9 Å². The maximum atomic E-state index is 13.3. The second-order valence-electron chi connectivity index (χ2n) is 7.79. The number of nitrogens with zero attached hydrogens (tertiary/aromatic N) is 2. The summed E-state index contributed by atoms with van der Waals surface area (Å²) in [5.41, 5.74) is 2.15. The molecule has 1 aliphatic carbocycles. The maximum Gasteiger partial charge on any atom is 0.321 e. The summed E-state index contributed by atoms with van der Waals surface area (Å²) in [6.45, 7) is 3.65. The molecule has 4 atom stereocenters. The normalized spacial score (nSPS) is 38.5. The van der Waals surface area contributed by atoms with Gasteiger partial charge in [-0.15, -0.1) is 0 Å². The number of aldehydes is 1. The number of piperidine rings is 2. The van der Waals surface area contributed by atoms with E-state index in [0.29, 0.717) is 0 Å². The zero-order valence-electron chi connectivity index (χ0n) is 15.1. The monoisotopic (exact) mass is 350 g/mol. The molecule has 1 aromatic carbocycles. The van der Waals surface area contributed by atoms with E-state index in [1.54, 1.807) is 0 Å². The Bertz CT molecular complexity index is 889. The molecule has 1 aromatic rings. The summed E-state index contributed by atoms with van der Waals surface area (Å²) in [5, 5.41) is 0. The number of aliphatic imine (C=N–C) groups is 1. The molecule has 2 saturated heterocycles. The number of carbonyl (C=O) groups excluding carboxylic acids is 2. The predicted molar refractivity (Wildman–Crippen MR) is 97.6 cm³/mol. The number of hydrogen-bond acceptors (Lipinski definition) is 5. The van der Waals surface area contributed by atoms with E-state index in [1.165, 1.54) is 12.7 Å². The molecule has 0 amide bonds. The van der Waals surface area contributed by atoms with Crippen LogP contribution in [0.1, 0.15) is 25.3 Å². The molecule has 26 heavy (non-hydrogen) atoms. The highest BCUT2D eigenvalue weighted by molar-refractivity contribution is 6.15. The van der Waals surface area contributed by atoms with E-state index >= 15 is 0 Å². The molecule has 5 rings (SSSR count). The Kier molecular flexibility index (Phi) is 3.15. The minimum atomic E-state index is -1.24. The highest BCUT2D eigenvalue weighted by atomic mass is 16.5. The van der Waals surface area contributed by atoms with Gasteiger partial charge in [0, 0.05) is 24.7 Å². The van der Waals surface area contributed by atoms with E-state index in [0.717, 1.165) is 49.2 Å². The number of benzene rings is 1. The van der Waals surface area contributed by atoms with E-state index in [2.05, 4.69) is 11.0 Å². The van der Waals surface area contributed by atoms with Gasteiger partial charge in [0.1, 0.15) is 11.7 Å². The molecule has 0 aromatic heterocycles. The molecule has 4 aliphatic rings. The highest BCUT2D eigenvalue weighted by Gasteiger charge is 2.73.